The Balaban J connectivity index is 0.00000180. The first-order valence-corrected chi connectivity index (χ1v) is 5.69. The second-order valence-electron chi connectivity index (χ2n) is 4.48. The third kappa shape index (κ3) is 4.23. The minimum Gasteiger partial charge on any atom is -0.384 e. The summed E-state index contributed by atoms with van der Waals surface area (Å²) in [5.74, 6) is 0. The highest BCUT2D eigenvalue weighted by molar-refractivity contribution is 5.85. The van der Waals surface area contributed by atoms with Gasteiger partial charge in [-0.25, -0.2) is 0 Å². The van der Waals surface area contributed by atoms with E-state index in [1.165, 1.54) is 12.1 Å². The van der Waals surface area contributed by atoms with Crippen LogP contribution in [0.5, 0.6) is 0 Å². The van der Waals surface area contributed by atoms with E-state index in [4.69, 9.17) is 0 Å². The summed E-state index contributed by atoms with van der Waals surface area (Å²) in [6, 6.07) is 4.86. The van der Waals surface area contributed by atoms with Crippen LogP contribution in [0.2, 0.25) is 0 Å². The van der Waals surface area contributed by atoms with Crippen molar-refractivity contribution in [3.63, 3.8) is 0 Å². The fourth-order valence-corrected chi connectivity index (χ4v) is 1.87. The Morgan fingerprint density at radius 1 is 1.21 bits per heavy atom. The Morgan fingerprint density at radius 2 is 1.84 bits per heavy atom. The smallest absolute Gasteiger partial charge is 0.384 e. The summed E-state index contributed by atoms with van der Waals surface area (Å²) >= 11 is 0. The monoisotopic (exact) mass is 293 g/mol. The zero-order chi connectivity index (χ0) is 13.2. The molecule has 6 heteroatoms. The van der Waals surface area contributed by atoms with Crippen molar-refractivity contribution >= 4 is 18.5 Å². The Labute approximate surface area is 115 Å². The van der Waals surface area contributed by atoms with Gasteiger partial charge in [0.05, 0.1) is 11.2 Å². The third-order valence-corrected chi connectivity index (χ3v) is 2.99. The quantitative estimate of drug-likeness (QED) is 0.879. The van der Waals surface area contributed by atoms with E-state index in [1.54, 1.807) is 12.2 Å². The maximum absolute atomic E-state index is 12.3. The Morgan fingerprint density at radius 3 is 2.32 bits per heavy atom. The van der Waals surface area contributed by atoms with Crippen LogP contribution in [0.25, 0.3) is 6.08 Å². The first-order valence-electron chi connectivity index (χ1n) is 5.69. The van der Waals surface area contributed by atoms with E-state index in [0.717, 1.165) is 18.7 Å². The Bertz CT molecular complexity index is 436. The molecule has 2 rings (SSSR count). The second kappa shape index (κ2) is 5.94. The molecule has 0 aliphatic carbocycles. The fraction of sp³-hybridized carbons (Fsp3) is 0.385. The van der Waals surface area contributed by atoms with E-state index < -0.39 is 17.3 Å². The van der Waals surface area contributed by atoms with Crippen molar-refractivity contribution in [3.05, 3.63) is 41.5 Å². The topological polar surface area (TPSA) is 32.3 Å². The van der Waals surface area contributed by atoms with E-state index in [1.807, 2.05) is 0 Å². The normalized spacial score (nSPS) is 23.6. The molecule has 19 heavy (non-hydrogen) atoms. The zero-order valence-electron chi connectivity index (χ0n) is 10.1. The van der Waals surface area contributed by atoms with Crippen molar-refractivity contribution in [3.8, 4) is 0 Å². The van der Waals surface area contributed by atoms with Crippen LogP contribution < -0.4 is 5.32 Å². The second-order valence-corrected chi connectivity index (χ2v) is 4.48. The molecule has 106 valence electrons. The van der Waals surface area contributed by atoms with Crippen molar-refractivity contribution in [2.45, 2.75) is 18.2 Å². The highest BCUT2D eigenvalue weighted by Crippen LogP contribution is 2.29. The maximum Gasteiger partial charge on any atom is 0.416 e. The molecule has 0 amide bonds. The van der Waals surface area contributed by atoms with Crippen molar-refractivity contribution in [1.82, 2.24) is 5.32 Å². The molecule has 0 aromatic heterocycles. The number of nitrogens with one attached hydrogen (secondary N) is 1. The van der Waals surface area contributed by atoms with Gasteiger partial charge in [0.15, 0.2) is 0 Å². The fourth-order valence-electron chi connectivity index (χ4n) is 1.87. The van der Waals surface area contributed by atoms with Crippen LogP contribution in [-0.2, 0) is 6.18 Å². The third-order valence-electron chi connectivity index (χ3n) is 2.99. The van der Waals surface area contributed by atoms with Crippen LogP contribution in [-0.4, -0.2) is 23.8 Å². The van der Waals surface area contributed by atoms with E-state index in [9.17, 15) is 18.3 Å². The molecule has 1 unspecified atom stereocenters. The van der Waals surface area contributed by atoms with Crippen LogP contribution in [0.1, 0.15) is 17.5 Å². The van der Waals surface area contributed by atoms with Crippen molar-refractivity contribution in [1.29, 1.82) is 0 Å². The van der Waals surface area contributed by atoms with Gasteiger partial charge in [0.1, 0.15) is 0 Å². The van der Waals surface area contributed by atoms with Gasteiger partial charge in [-0.2, -0.15) is 13.2 Å². The predicted octanol–water partition coefficient (Wildman–Crippen LogP) is 2.86. The summed E-state index contributed by atoms with van der Waals surface area (Å²) in [6.07, 6.45) is -0.414. The van der Waals surface area contributed by atoms with Gasteiger partial charge in [0.25, 0.3) is 0 Å². The maximum atomic E-state index is 12.3. The SMILES string of the molecule is Cl.OC1(C=Cc2ccc(C(F)(F)F)cc2)CCNC1. The molecule has 1 saturated heterocycles. The summed E-state index contributed by atoms with van der Waals surface area (Å²) < 4.78 is 37.0. The summed E-state index contributed by atoms with van der Waals surface area (Å²) in [6.45, 7) is 1.22. The van der Waals surface area contributed by atoms with Gasteiger partial charge >= 0.3 is 6.18 Å². The lowest BCUT2D eigenvalue weighted by Crippen LogP contribution is -2.28. The van der Waals surface area contributed by atoms with Crippen molar-refractivity contribution < 1.29 is 18.3 Å². The predicted molar refractivity (Wildman–Crippen MR) is 70.2 cm³/mol. The lowest BCUT2D eigenvalue weighted by molar-refractivity contribution is -0.137. The number of aliphatic hydroxyl groups is 1. The molecular formula is C13H15ClF3NO. The number of hydrogen-bond acceptors (Lipinski definition) is 2. The van der Waals surface area contributed by atoms with E-state index >= 15 is 0 Å². The first-order chi connectivity index (χ1) is 8.39. The van der Waals surface area contributed by atoms with Crippen LogP contribution in [0.15, 0.2) is 30.3 Å². The number of hydrogen-bond donors (Lipinski definition) is 2. The molecule has 0 bridgehead atoms. The summed E-state index contributed by atoms with van der Waals surface area (Å²) in [5, 5.41) is 13.0. The zero-order valence-corrected chi connectivity index (χ0v) is 10.9. The lowest BCUT2D eigenvalue weighted by Gasteiger charge is -2.15. The molecule has 1 aromatic carbocycles. The number of benzene rings is 1. The molecule has 0 spiro atoms. The molecule has 0 saturated carbocycles. The van der Waals surface area contributed by atoms with E-state index in [-0.39, 0.29) is 12.4 Å². The van der Waals surface area contributed by atoms with Gasteiger partial charge in [0, 0.05) is 6.54 Å². The van der Waals surface area contributed by atoms with Crippen molar-refractivity contribution in [2.75, 3.05) is 13.1 Å². The van der Waals surface area contributed by atoms with Gasteiger partial charge in [-0.15, -0.1) is 12.4 Å². The largest absolute Gasteiger partial charge is 0.416 e. The molecule has 2 nitrogen and oxygen atoms in total. The summed E-state index contributed by atoms with van der Waals surface area (Å²) in [7, 11) is 0. The van der Waals surface area contributed by atoms with Crippen LogP contribution in [0.4, 0.5) is 13.2 Å². The number of alkyl halides is 3. The molecule has 1 aliphatic rings. The van der Waals surface area contributed by atoms with Crippen molar-refractivity contribution in [2.24, 2.45) is 0 Å². The van der Waals surface area contributed by atoms with Gasteiger partial charge < -0.3 is 10.4 Å². The molecule has 1 atom stereocenters. The number of β-amino-alcohol motifs (C(OH)–C–C–N with tert-alkyl or cyclic N) is 1. The average Bonchev–Trinajstić information content (AvgIpc) is 2.74. The highest BCUT2D eigenvalue weighted by Gasteiger charge is 2.30. The molecule has 0 radical (unpaired) electrons. The molecule has 1 aliphatic heterocycles. The number of halogens is 4. The van der Waals surface area contributed by atoms with Gasteiger partial charge in [-0.1, -0.05) is 24.3 Å². The van der Waals surface area contributed by atoms with E-state index in [2.05, 4.69) is 5.32 Å². The molecule has 1 fully saturated rings. The van der Waals surface area contributed by atoms with Crippen LogP contribution in [0.3, 0.4) is 0 Å². The molecule has 2 N–H and O–H groups in total. The van der Waals surface area contributed by atoms with E-state index in [0.29, 0.717) is 18.5 Å². The standard InChI is InChI=1S/C13H14F3NO.ClH/c14-13(15,16)11-3-1-10(2-4-11)5-6-12(18)7-8-17-9-12;/h1-6,17-18H,7-9H2;1H. The molecular weight excluding hydrogens is 279 g/mol. The van der Waals surface area contributed by atoms with Gasteiger partial charge in [0.2, 0.25) is 0 Å². The first kappa shape index (κ1) is 16.0. The van der Waals surface area contributed by atoms with Gasteiger partial charge in [-0.3, -0.25) is 0 Å². The summed E-state index contributed by atoms with van der Waals surface area (Å²) in [5.41, 5.74) is -0.910. The lowest BCUT2D eigenvalue weighted by atomic mass is 10.0. The number of rotatable bonds is 2. The van der Waals surface area contributed by atoms with Crippen LogP contribution >= 0.6 is 12.4 Å². The average molecular weight is 294 g/mol. The Hall–Kier alpha value is -1.04. The highest BCUT2D eigenvalue weighted by atomic mass is 35.5. The Kier molecular flexibility index (Phi) is 5.01. The summed E-state index contributed by atoms with van der Waals surface area (Å²) in [4.78, 5) is 0. The molecule has 1 heterocycles. The van der Waals surface area contributed by atoms with Crippen LogP contribution in [0, 0.1) is 0 Å². The van der Waals surface area contributed by atoms with Gasteiger partial charge in [-0.05, 0) is 30.7 Å². The minimum atomic E-state index is -4.31. The minimum absolute atomic E-state index is 0. The molecule has 1 aromatic rings.